The molecule has 4 heteroatoms. The lowest BCUT2D eigenvalue weighted by molar-refractivity contribution is 0.103. The standard InChI is InChI=1S/C13H7Br2FO/c14-9-3-1-8(2-4-9)13(17)11-7-10(16)5-6-12(11)15/h1-7H. The summed E-state index contributed by atoms with van der Waals surface area (Å²) in [7, 11) is 0. The van der Waals surface area contributed by atoms with Crippen LogP contribution < -0.4 is 0 Å². The lowest BCUT2D eigenvalue weighted by Gasteiger charge is -2.04. The zero-order chi connectivity index (χ0) is 12.4. The number of halogens is 3. The molecule has 0 heterocycles. The molecule has 0 spiro atoms. The smallest absolute Gasteiger partial charge is 0.194 e. The van der Waals surface area contributed by atoms with Gasteiger partial charge in [-0.05, 0) is 42.5 Å². The fraction of sp³-hybridized carbons (Fsp3) is 0. The van der Waals surface area contributed by atoms with Gasteiger partial charge in [-0.15, -0.1) is 0 Å². The summed E-state index contributed by atoms with van der Waals surface area (Å²) >= 11 is 6.54. The number of ketones is 1. The first-order chi connectivity index (χ1) is 8.08. The Hall–Kier alpha value is -1.00. The van der Waals surface area contributed by atoms with Crippen LogP contribution in [0.5, 0.6) is 0 Å². The lowest BCUT2D eigenvalue weighted by atomic mass is 10.0. The molecule has 86 valence electrons. The summed E-state index contributed by atoms with van der Waals surface area (Å²) < 4.78 is 14.6. The van der Waals surface area contributed by atoms with E-state index in [1.807, 2.05) is 0 Å². The zero-order valence-corrected chi connectivity index (χ0v) is 11.8. The number of rotatable bonds is 2. The van der Waals surface area contributed by atoms with Gasteiger partial charge in [0.2, 0.25) is 0 Å². The van der Waals surface area contributed by atoms with Crippen LogP contribution in [-0.2, 0) is 0 Å². The van der Waals surface area contributed by atoms with E-state index >= 15 is 0 Å². The summed E-state index contributed by atoms with van der Waals surface area (Å²) in [6, 6.07) is 11.0. The first-order valence-electron chi connectivity index (χ1n) is 4.83. The van der Waals surface area contributed by atoms with Gasteiger partial charge in [0.15, 0.2) is 5.78 Å². The van der Waals surface area contributed by atoms with Crippen LogP contribution in [-0.4, -0.2) is 5.78 Å². The highest BCUT2D eigenvalue weighted by atomic mass is 79.9. The molecule has 0 bridgehead atoms. The number of hydrogen-bond acceptors (Lipinski definition) is 1. The fourth-order valence-corrected chi connectivity index (χ4v) is 2.12. The van der Waals surface area contributed by atoms with E-state index < -0.39 is 5.82 Å². The molecule has 2 rings (SSSR count). The molecule has 0 atom stereocenters. The van der Waals surface area contributed by atoms with Gasteiger partial charge in [-0.1, -0.05) is 31.9 Å². The third-order valence-corrected chi connectivity index (χ3v) is 3.50. The molecular formula is C13H7Br2FO. The molecule has 0 amide bonds. The Morgan fingerprint density at radius 1 is 1.00 bits per heavy atom. The summed E-state index contributed by atoms with van der Waals surface area (Å²) in [6.07, 6.45) is 0. The van der Waals surface area contributed by atoms with E-state index in [1.165, 1.54) is 18.2 Å². The minimum Gasteiger partial charge on any atom is -0.289 e. The second-order valence-electron chi connectivity index (χ2n) is 3.46. The molecule has 0 aliphatic carbocycles. The number of carbonyl (C=O) groups is 1. The molecule has 0 aliphatic rings. The Labute approximate surface area is 115 Å². The first kappa shape index (κ1) is 12.5. The van der Waals surface area contributed by atoms with Crippen molar-refractivity contribution >= 4 is 37.6 Å². The summed E-state index contributed by atoms with van der Waals surface area (Å²) in [5.41, 5.74) is 0.854. The highest BCUT2D eigenvalue weighted by Crippen LogP contribution is 2.22. The maximum Gasteiger partial charge on any atom is 0.194 e. The van der Waals surface area contributed by atoms with Crippen molar-refractivity contribution in [2.45, 2.75) is 0 Å². The van der Waals surface area contributed by atoms with Crippen LogP contribution in [0.2, 0.25) is 0 Å². The molecule has 17 heavy (non-hydrogen) atoms. The topological polar surface area (TPSA) is 17.1 Å². The van der Waals surface area contributed by atoms with Gasteiger partial charge in [-0.25, -0.2) is 4.39 Å². The Morgan fingerprint density at radius 2 is 1.65 bits per heavy atom. The fourth-order valence-electron chi connectivity index (χ4n) is 1.43. The van der Waals surface area contributed by atoms with Crippen molar-refractivity contribution in [3.8, 4) is 0 Å². The second-order valence-corrected chi connectivity index (χ2v) is 5.23. The molecular weight excluding hydrogens is 351 g/mol. The van der Waals surface area contributed by atoms with Gasteiger partial charge in [0, 0.05) is 20.1 Å². The van der Waals surface area contributed by atoms with Crippen LogP contribution in [0, 0.1) is 5.82 Å². The number of carbonyl (C=O) groups excluding carboxylic acids is 1. The van der Waals surface area contributed by atoms with Gasteiger partial charge < -0.3 is 0 Å². The Morgan fingerprint density at radius 3 is 2.29 bits per heavy atom. The Kier molecular flexibility index (Phi) is 3.74. The van der Waals surface area contributed by atoms with Gasteiger partial charge in [0.1, 0.15) is 5.82 Å². The molecule has 2 aromatic rings. The van der Waals surface area contributed by atoms with E-state index in [0.29, 0.717) is 15.6 Å². The van der Waals surface area contributed by atoms with Gasteiger partial charge >= 0.3 is 0 Å². The van der Waals surface area contributed by atoms with E-state index in [4.69, 9.17) is 0 Å². The Balaban J connectivity index is 2.43. The van der Waals surface area contributed by atoms with Gasteiger partial charge in [0.25, 0.3) is 0 Å². The van der Waals surface area contributed by atoms with E-state index in [-0.39, 0.29) is 5.78 Å². The van der Waals surface area contributed by atoms with Crippen molar-refractivity contribution in [2.75, 3.05) is 0 Å². The van der Waals surface area contributed by atoms with E-state index in [9.17, 15) is 9.18 Å². The highest BCUT2D eigenvalue weighted by Gasteiger charge is 2.13. The third-order valence-electron chi connectivity index (χ3n) is 2.28. The van der Waals surface area contributed by atoms with Crippen LogP contribution >= 0.6 is 31.9 Å². The van der Waals surface area contributed by atoms with E-state index in [1.54, 1.807) is 24.3 Å². The molecule has 0 unspecified atom stereocenters. The van der Waals surface area contributed by atoms with Crippen LogP contribution in [0.3, 0.4) is 0 Å². The quantitative estimate of drug-likeness (QED) is 0.719. The number of hydrogen-bond donors (Lipinski definition) is 0. The van der Waals surface area contributed by atoms with Gasteiger partial charge in [0.05, 0.1) is 0 Å². The van der Waals surface area contributed by atoms with Gasteiger partial charge in [-0.3, -0.25) is 4.79 Å². The second kappa shape index (κ2) is 5.10. The molecule has 0 radical (unpaired) electrons. The predicted octanol–water partition coefficient (Wildman–Crippen LogP) is 4.58. The van der Waals surface area contributed by atoms with Gasteiger partial charge in [-0.2, -0.15) is 0 Å². The summed E-state index contributed by atoms with van der Waals surface area (Å²) in [5.74, 6) is -0.627. The molecule has 0 saturated carbocycles. The summed E-state index contributed by atoms with van der Waals surface area (Å²) in [6.45, 7) is 0. The van der Waals surface area contributed by atoms with E-state index in [2.05, 4.69) is 31.9 Å². The maximum absolute atomic E-state index is 13.1. The monoisotopic (exact) mass is 356 g/mol. The number of benzene rings is 2. The minimum atomic E-state index is -0.423. The normalized spacial score (nSPS) is 10.3. The van der Waals surface area contributed by atoms with Crippen LogP contribution in [0.1, 0.15) is 15.9 Å². The maximum atomic E-state index is 13.1. The molecule has 0 aromatic heterocycles. The molecule has 0 saturated heterocycles. The van der Waals surface area contributed by atoms with Crippen molar-refractivity contribution in [1.29, 1.82) is 0 Å². The molecule has 2 aromatic carbocycles. The molecule has 1 nitrogen and oxygen atoms in total. The molecule has 0 N–H and O–H groups in total. The lowest BCUT2D eigenvalue weighted by Crippen LogP contribution is -2.02. The zero-order valence-electron chi connectivity index (χ0n) is 8.58. The van der Waals surface area contributed by atoms with Crippen LogP contribution in [0.25, 0.3) is 0 Å². The van der Waals surface area contributed by atoms with Crippen molar-refractivity contribution in [2.24, 2.45) is 0 Å². The highest BCUT2D eigenvalue weighted by molar-refractivity contribution is 9.10. The first-order valence-corrected chi connectivity index (χ1v) is 6.42. The van der Waals surface area contributed by atoms with Crippen molar-refractivity contribution in [1.82, 2.24) is 0 Å². The molecule has 0 fully saturated rings. The summed E-state index contributed by atoms with van der Waals surface area (Å²) in [4.78, 5) is 12.1. The van der Waals surface area contributed by atoms with Crippen molar-refractivity contribution in [3.63, 3.8) is 0 Å². The van der Waals surface area contributed by atoms with Crippen LogP contribution in [0.4, 0.5) is 4.39 Å². The summed E-state index contributed by atoms with van der Waals surface area (Å²) in [5, 5.41) is 0. The SMILES string of the molecule is O=C(c1ccc(Br)cc1)c1cc(F)ccc1Br. The largest absolute Gasteiger partial charge is 0.289 e. The van der Waals surface area contributed by atoms with Crippen molar-refractivity contribution in [3.05, 3.63) is 68.4 Å². The Bertz CT molecular complexity index is 564. The van der Waals surface area contributed by atoms with Crippen LogP contribution in [0.15, 0.2) is 51.4 Å². The predicted molar refractivity (Wildman–Crippen MR) is 71.7 cm³/mol. The molecule has 0 aliphatic heterocycles. The van der Waals surface area contributed by atoms with E-state index in [0.717, 1.165) is 4.47 Å². The van der Waals surface area contributed by atoms with Crippen molar-refractivity contribution < 1.29 is 9.18 Å². The third kappa shape index (κ3) is 2.82. The minimum absolute atomic E-state index is 0.205. The average molecular weight is 358 g/mol. The average Bonchev–Trinajstić information content (AvgIpc) is 2.32.